The molecule has 1 aliphatic heterocycles. The number of nitrogens with one attached hydrogen (secondary N) is 1. The molecule has 0 aliphatic carbocycles. The van der Waals surface area contributed by atoms with Crippen molar-refractivity contribution < 1.29 is 13.2 Å². The lowest BCUT2D eigenvalue weighted by Crippen LogP contribution is -2.33. The number of nitrogens with zero attached hydrogens (tertiary/aromatic N) is 4. The Labute approximate surface area is 141 Å². The van der Waals surface area contributed by atoms with Crippen molar-refractivity contribution in [3.8, 4) is 12.1 Å². The number of hydrogen-bond acceptors (Lipinski definition) is 4. The molecule has 1 N–H and O–H groups in total. The Kier molecular flexibility index (Phi) is 3.77. The molecule has 1 aromatic heterocycles. The number of rotatable bonds is 1. The maximum Gasteiger partial charge on any atom is 0.432 e. The summed E-state index contributed by atoms with van der Waals surface area (Å²) < 4.78 is 41.6. The number of allylic oxidation sites excluding steroid dienone is 4. The van der Waals surface area contributed by atoms with Crippen molar-refractivity contribution in [2.75, 3.05) is 0 Å². The molecule has 0 radical (unpaired) electrons. The number of hydrogen-bond donors (Lipinski definition) is 1. The van der Waals surface area contributed by atoms with Gasteiger partial charge in [0, 0.05) is 18.1 Å². The number of benzene rings is 1. The lowest BCUT2D eigenvalue weighted by molar-refractivity contribution is -0.0969. The molecule has 8 heteroatoms. The molecular formula is C17H12F3N5. The zero-order valence-corrected chi connectivity index (χ0v) is 13.3. The van der Waals surface area contributed by atoms with E-state index in [0.29, 0.717) is 5.56 Å². The first-order valence-electron chi connectivity index (χ1n) is 7.29. The van der Waals surface area contributed by atoms with Crippen LogP contribution in [0.4, 0.5) is 13.2 Å². The van der Waals surface area contributed by atoms with Crippen LogP contribution in [-0.2, 0) is 7.05 Å². The smallest absolute Gasteiger partial charge is 0.353 e. The van der Waals surface area contributed by atoms with Crippen molar-refractivity contribution in [1.82, 2.24) is 15.1 Å². The second kappa shape index (κ2) is 5.67. The van der Waals surface area contributed by atoms with Crippen molar-refractivity contribution in [2.45, 2.75) is 19.0 Å². The maximum atomic E-state index is 13.3. The Bertz CT molecular complexity index is 1010. The van der Waals surface area contributed by atoms with Crippen LogP contribution in [0.3, 0.4) is 0 Å². The number of aryl methyl sites for hydroxylation is 1. The normalized spacial score (nSPS) is 18.1. The summed E-state index contributed by atoms with van der Waals surface area (Å²) >= 11 is 0. The van der Waals surface area contributed by atoms with Gasteiger partial charge in [0.25, 0.3) is 0 Å². The van der Waals surface area contributed by atoms with Crippen LogP contribution in [0.5, 0.6) is 0 Å². The quantitative estimate of drug-likeness (QED) is 0.861. The molecule has 1 aliphatic rings. The lowest BCUT2D eigenvalue weighted by atomic mass is 9.81. The van der Waals surface area contributed by atoms with Crippen LogP contribution in [0, 0.1) is 22.7 Å². The number of alkyl halides is 3. The highest BCUT2D eigenvalue weighted by Crippen LogP contribution is 2.42. The molecule has 0 saturated carbocycles. The van der Waals surface area contributed by atoms with Gasteiger partial charge in [-0.05, 0) is 24.6 Å². The molecule has 1 aromatic carbocycles. The van der Waals surface area contributed by atoms with Crippen molar-refractivity contribution in [2.24, 2.45) is 7.05 Å². The van der Waals surface area contributed by atoms with E-state index < -0.39 is 23.4 Å². The summed E-state index contributed by atoms with van der Waals surface area (Å²) in [5.74, 6) is -1.07. The molecule has 0 bridgehead atoms. The Morgan fingerprint density at radius 3 is 2.48 bits per heavy atom. The molecule has 1 atom stereocenters. The molecular weight excluding hydrogens is 331 g/mol. The SMILES string of the molecule is CC1=C(C#N)[C@@H](c2ccc3c(cnn3C)c2)C(C#N)=C(C(F)(F)F)N1. The van der Waals surface area contributed by atoms with Gasteiger partial charge in [-0.2, -0.15) is 28.8 Å². The van der Waals surface area contributed by atoms with Gasteiger partial charge in [0.1, 0.15) is 5.70 Å². The standard InChI is InChI=1S/C17H12F3N5/c1-9-12(6-21)15(13(7-22)16(24-9)17(18,19)20)10-3-4-14-11(5-10)8-23-25(14)2/h3-5,8,15,24H,1-2H3/t15-/m1/s1. The van der Waals surface area contributed by atoms with Gasteiger partial charge in [-0.15, -0.1) is 0 Å². The van der Waals surface area contributed by atoms with E-state index >= 15 is 0 Å². The fourth-order valence-electron chi connectivity index (χ4n) is 3.01. The van der Waals surface area contributed by atoms with Crippen molar-refractivity contribution in [3.63, 3.8) is 0 Å². The van der Waals surface area contributed by atoms with E-state index in [1.54, 1.807) is 42.2 Å². The number of dihydropyridines is 1. The van der Waals surface area contributed by atoms with Gasteiger partial charge in [0.2, 0.25) is 0 Å². The Hall–Kier alpha value is -3.26. The van der Waals surface area contributed by atoms with E-state index in [0.717, 1.165) is 10.9 Å². The van der Waals surface area contributed by atoms with Crippen molar-refractivity contribution in [3.05, 3.63) is 52.5 Å². The van der Waals surface area contributed by atoms with Gasteiger partial charge >= 0.3 is 6.18 Å². The third kappa shape index (κ3) is 2.62. The molecule has 126 valence electrons. The highest BCUT2D eigenvalue weighted by atomic mass is 19.4. The summed E-state index contributed by atoms with van der Waals surface area (Å²) in [4.78, 5) is 0. The summed E-state index contributed by atoms with van der Waals surface area (Å²) in [5, 5.41) is 25.8. The molecule has 5 nitrogen and oxygen atoms in total. The van der Waals surface area contributed by atoms with Crippen LogP contribution in [0.25, 0.3) is 10.9 Å². The molecule has 2 heterocycles. The van der Waals surface area contributed by atoms with E-state index in [2.05, 4.69) is 10.4 Å². The van der Waals surface area contributed by atoms with Crippen LogP contribution < -0.4 is 5.32 Å². The topological polar surface area (TPSA) is 77.4 Å². The fourth-order valence-corrected chi connectivity index (χ4v) is 3.01. The second-order valence-electron chi connectivity index (χ2n) is 5.69. The highest BCUT2D eigenvalue weighted by Gasteiger charge is 2.43. The number of aromatic nitrogens is 2. The summed E-state index contributed by atoms with van der Waals surface area (Å²) in [6.45, 7) is 1.40. The predicted molar refractivity (Wildman–Crippen MR) is 83.6 cm³/mol. The summed E-state index contributed by atoms with van der Waals surface area (Å²) in [7, 11) is 1.75. The Balaban J connectivity index is 2.27. The third-order valence-corrected chi connectivity index (χ3v) is 4.19. The monoisotopic (exact) mass is 343 g/mol. The van der Waals surface area contributed by atoms with Gasteiger partial charge in [0.15, 0.2) is 0 Å². The first-order chi connectivity index (χ1) is 11.8. The van der Waals surface area contributed by atoms with Gasteiger partial charge in [-0.1, -0.05) is 6.07 Å². The number of halogens is 3. The minimum absolute atomic E-state index is 0.0881. The second-order valence-corrected chi connectivity index (χ2v) is 5.69. The average Bonchev–Trinajstić information content (AvgIpc) is 2.93. The number of nitriles is 2. The lowest BCUT2D eigenvalue weighted by Gasteiger charge is -2.28. The summed E-state index contributed by atoms with van der Waals surface area (Å²) in [5.41, 5.74) is -0.217. The first kappa shape index (κ1) is 16.6. The largest absolute Gasteiger partial charge is 0.432 e. The zero-order chi connectivity index (χ0) is 18.4. The minimum atomic E-state index is -4.72. The molecule has 0 amide bonds. The van der Waals surface area contributed by atoms with E-state index in [9.17, 15) is 23.7 Å². The van der Waals surface area contributed by atoms with Crippen LogP contribution in [0.2, 0.25) is 0 Å². The summed E-state index contributed by atoms with van der Waals surface area (Å²) in [6, 6.07) is 8.57. The number of fused-ring (bicyclic) bond motifs is 1. The van der Waals surface area contributed by atoms with Gasteiger partial charge < -0.3 is 5.32 Å². The third-order valence-electron chi connectivity index (χ3n) is 4.19. The van der Waals surface area contributed by atoms with Crippen LogP contribution in [-0.4, -0.2) is 16.0 Å². The van der Waals surface area contributed by atoms with Crippen LogP contribution >= 0.6 is 0 Å². The van der Waals surface area contributed by atoms with Crippen molar-refractivity contribution >= 4 is 10.9 Å². The highest BCUT2D eigenvalue weighted by molar-refractivity contribution is 5.80. The average molecular weight is 343 g/mol. The first-order valence-corrected chi connectivity index (χ1v) is 7.29. The Morgan fingerprint density at radius 2 is 1.88 bits per heavy atom. The minimum Gasteiger partial charge on any atom is -0.353 e. The molecule has 0 fully saturated rings. The molecule has 0 spiro atoms. The molecule has 0 saturated heterocycles. The fraction of sp³-hybridized carbons (Fsp3) is 0.235. The van der Waals surface area contributed by atoms with Crippen LogP contribution in [0.15, 0.2) is 46.9 Å². The van der Waals surface area contributed by atoms with E-state index in [1.165, 1.54) is 6.92 Å². The van der Waals surface area contributed by atoms with Crippen molar-refractivity contribution in [1.29, 1.82) is 10.5 Å². The van der Waals surface area contributed by atoms with E-state index in [1.807, 2.05) is 6.07 Å². The molecule has 0 unspecified atom stereocenters. The zero-order valence-electron chi connectivity index (χ0n) is 13.3. The van der Waals surface area contributed by atoms with Gasteiger partial charge in [-0.25, -0.2) is 0 Å². The predicted octanol–water partition coefficient (Wildman–Crippen LogP) is 3.40. The van der Waals surface area contributed by atoms with Gasteiger partial charge in [0.05, 0.1) is 40.9 Å². The summed E-state index contributed by atoms with van der Waals surface area (Å²) in [6.07, 6.45) is -3.13. The molecule has 2 aromatic rings. The maximum absolute atomic E-state index is 13.3. The Morgan fingerprint density at radius 1 is 1.20 bits per heavy atom. The van der Waals surface area contributed by atoms with E-state index in [-0.39, 0.29) is 11.3 Å². The molecule has 25 heavy (non-hydrogen) atoms. The van der Waals surface area contributed by atoms with E-state index in [4.69, 9.17) is 0 Å². The van der Waals surface area contributed by atoms with Crippen LogP contribution in [0.1, 0.15) is 18.4 Å². The van der Waals surface area contributed by atoms with Gasteiger partial charge in [-0.3, -0.25) is 4.68 Å². The molecule has 3 rings (SSSR count).